The van der Waals surface area contributed by atoms with Crippen molar-refractivity contribution in [2.24, 2.45) is 0 Å². The first-order chi connectivity index (χ1) is 11.1. The number of rotatable bonds is 3. The Labute approximate surface area is 140 Å². The van der Waals surface area contributed by atoms with E-state index >= 15 is 0 Å². The number of halogens is 1. The van der Waals surface area contributed by atoms with Crippen molar-refractivity contribution in [1.82, 2.24) is 14.5 Å². The van der Waals surface area contributed by atoms with Gasteiger partial charge in [0.05, 0.1) is 11.0 Å². The van der Waals surface area contributed by atoms with Crippen LogP contribution in [0.25, 0.3) is 32.7 Å². The smallest absolute Gasteiger partial charge is 0.129 e. The van der Waals surface area contributed by atoms with Crippen molar-refractivity contribution in [2.75, 3.05) is 20.6 Å². The fourth-order valence-corrected chi connectivity index (χ4v) is 3.42. The monoisotopic (exact) mass is 323 g/mol. The molecule has 0 aliphatic carbocycles. The topological polar surface area (TPSA) is 21.1 Å². The standard InChI is InChI=1S/C19H18ClN3/c1-22(2)11-12-23-17-6-4-3-5-13(17)14-7-9-16-15(19(14)23)8-10-18(20)21-16/h3-10H,11-12H2,1-2H3. The van der Waals surface area contributed by atoms with E-state index in [0.29, 0.717) is 5.15 Å². The number of benzene rings is 2. The molecule has 0 unspecified atom stereocenters. The highest BCUT2D eigenvalue weighted by molar-refractivity contribution is 6.30. The molecule has 23 heavy (non-hydrogen) atoms. The van der Waals surface area contributed by atoms with Crippen LogP contribution in [-0.2, 0) is 6.54 Å². The summed E-state index contributed by atoms with van der Waals surface area (Å²) in [6, 6.07) is 16.8. The van der Waals surface area contributed by atoms with E-state index in [1.807, 2.05) is 6.07 Å². The normalized spacial score (nSPS) is 12.0. The zero-order valence-corrected chi connectivity index (χ0v) is 14.0. The van der Waals surface area contributed by atoms with Gasteiger partial charge in [-0.2, -0.15) is 0 Å². The number of fused-ring (bicyclic) bond motifs is 5. The number of likely N-dealkylation sites (N-methyl/N-ethyl adjacent to an activating group) is 1. The van der Waals surface area contributed by atoms with E-state index in [1.165, 1.54) is 21.8 Å². The van der Waals surface area contributed by atoms with Gasteiger partial charge in [0.15, 0.2) is 0 Å². The van der Waals surface area contributed by atoms with Gasteiger partial charge >= 0.3 is 0 Å². The summed E-state index contributed by atoms with van der Waals surface area (Å²) in [5.74, 6) is 0. The highest BCUT2D eigenvalue weighted by Crippen LogP contribution is 2.34. The van der Waals surface area contributed by atoms with Crippen molar-refractivity contribution in [3.8, 4) is 0 Å². The average molecular weight is 324 g/mol. The fourth-order valence-electron chi connectivity index (χ4n) is 3.26. The van der Waals surface area contributed by atoms with Crippen LogP contribution in [0.5, 0.6) is 0 Å². The molecule has 2 heterocycles. The first-order valence-electron chi connectivity index (χ1n) is 7.76. The molecule has 0 N–H and O–H groups in total. The van der Waals surface area contributed by atoms with Gasteiger partial charge in [0, 0.05) is 34.8 Å². The van der Waals surface area contributed by atoms with Crippen molar-refractivity contribution in [3.05, 3.63) is 53.7 Å². The van der Waals surface area contributed by atoms with Crippen LogP contribution in [0.3, 0.4) is 0 Å². The number of aromatic nitrogens is 2. The third kappa shape index (κ3) is 2.37. The van der Waals surface area contributed by atoms with Gasteiger partial charge in [-0.25, -0.2) is 4.98 Å². The summed E-state index contributed by atoms with van der Waals surface area (Å²) in [5.41, 5.74) is 3.46. The van der Waals surface area contributed by atoms with Gasteiger partial charge in [0.1, 0.15) is 5.15 Å². The van der Waals surface area contributed by atoms with Crippen LogP contribution in [0, 0.1) is 0 Å². The molecule has 4 rings (SSSR count). The van der Waals surface area contributed by atoms with E-state index in [-0.39, 0.29) is 0 Å². The van der Waals surface area contributed by atoms with E-state index in [2.05, 4.69) is 71.0 Å². The second-order valence-electron chi connectivity index (χ2n) is 6.13. The highest BCUT2D eigenvalue weighted by Gasteiger charge is 2.13. The Morgan fingerprint density at radius 1 is 0.957 bits per heavy atom. The fraction of sp³-hybridized carbons (Fsp3) is 0.211. The zero-order valence-electron chi connectivity index (χ0n) is 13.3. The largest absolute Gasteiger partial charge is 0.339 e. The van der Waals surface area contributed by atoms with Crippen molar-refractivity contribution in [3.63, 3.8) is 0 Å². The molecule has 0 atom stereocenters. The van der Waals surface area contributed by atoms with Crippen molar-refractivity contribution in [1.29, 1.82) is 0 Å². The molecule has 0 aliphatic rings. The Morgan fingerprint density at radius 2 is 1.74 bits per heavy atom. The summed E-state index contributed by atoms with van der Waals surface area (Å²) in [4.78, 5) is 6.68. The van der Waals surface area contributed by atoms with E-state index in [4.69, 9.17) is 11.6 Å². The van der Waals surface area contributed by atoms with Crippen LogP contribution in [0.4, 0.5) is 0 Å². The van der Waals surface area contributed by atoms with Gasteiger partial charge in [-0.3, -0.25) is 0 Å². The van der Waals surface area contributed by atoms with Crippen LogP contribution in [0.15, 0.2) is 48.5 Å². The Morgan fingerprint density at radius 3 is 2.57 bits per heavy atom. The van der Waals surface area contributed by atoms with E-state index in [1.54, 1.807) is 0 Å². The maximum Gasteiger partial charge on any atom is 0.129 e. The molecule has 0 aliphatic heterocycles. The number of nitrogens with zero attached hydrogens (tertiary/aromatic N) is 3. The molecular formula is C19H18ClN3. The second kappa shape index (κ2) is 5.52. The highest BCUT2D eigenvalue weighted by atomic mass is 35.5. The minimum Gasteiger partial charge on any atom is -0.339 e. The molecule has 0 fully saturated rings. The van der Waals surface area contributed by atoms with Crippen molar-refractivity contribution >= 4 is 44.3 Å². The van der Waals surface area contributed by atoms with Gasteiger partial charge in [-0.15, -0.1) is 0 Å². The number of para-hydroxylation sites is 1. The molecule has 0 radical (unpaired) electrons. The zero-order chi connectivity index (χ0) is 16.0. The SMILES string of the molecule is CN(C)CCn1c2ccccc2c2ccc3nc(Cl)ccc3c21. The minimum atomic E-state index is 0.535. The Balaban J connectivity index is 2.12. The maximum absolute atomic E-state index is 6.07. The van der Waals surface area contributed by atoms with Gasteiger partial charge in [-0.1, -0.05) is 35.9 Å². The first-order valence-corrected chi connectivity index (χ1v) is 8.14. The van der Waals surface area contributed by atoms with E-state index < -0.39 is 0 Å². The van der Waals surface area contributed by atoms with E-state index in [9.17, 15) is 0 Å². The number of hydrogen-bond donors (Lipinski definition) is 0. The number of hydrogen-bond acceptors (Lipinski definition) is 2. The lowest BCUT2D eigenvalue weighted by atomic mass is 10.1. The molecule has 0 bridgehead atoms. The molecule has 4 heteroatoms. The van der Waals surface area contributed by atoms with Crippen LogP contribution in [-0.4, -0.2) is 35.1 Å². The van der Waals surface area contributed by atoms with Gasteiger partial charge < -0.3 is 9.47 Å². The molecule has 116 valence electrons. The predicted octanol–water partition coefficient (Wildman–Crippen LogP) is 4.56. The summed E-state index contributed by atoms with van der Waals surface area (Å²) in [6.45, 7) is 1.93. The van der Waals surface area contributed by atoms with Gasteiger partial charge in [0.25, 0.3) is 0 Å². The summed E-state index contributed by atoms with van der Waals surface area (Å²) in [6.07, 6.45) is 0. The van der Waals surface area contributed by atoms with Gasteiger partial charge in [0.2, 0.25) is 0 Å². The van der Waals surface area contributed by atoms with Crippen LogP contribution in [0.1, 0.15) is 0 Å². The molecule has 4 aromatic rings. The summed E-state index contributed by atoms with van der Waals surface area (Å²) in [7, 11) is 4.21. The van der Waals surface area contributed by atoms with Crippen LogP contribution < -0.4 is 0 Å². The first kappa shape index (κ1) is 14.5. The average Bonchev–Trinajstić information content (AvgIpc) is 2.86. The number of pyridine rings is 1. The van der Waals surface area contributed by atoms with Gasteiger partial charge in [-0.05, 0) is 38.4 Å². The van der Waals surface area contributed by atoms with Crippen LogP contribution >= 0.6 is 11.6 Å². The van der Waals surface area contributed by atoms with Crippen molar-refractivity contribution < 1.29 is 0 Å². The molecular weight excluding hydrogens is 306 g/mol. The Bertz CT molecular complexity index is 1020. The predicted molar refractivity (Wildman–Crippen MR) is 98.3 cm³/mol. The minimum absolute atomic E-state index is 0.535. The third-order valence-corrected chi connectivity index (χ3v) is 4.55. The lowest BCUT2D eigenvalue weighted by Gasteiger charge is -2.13. The molecule has 3 nitrogen and oxygen atoms in total. The molecule has 0 saturated heterocycles. The Hall–Kier alpha value is -2.10. The Kier molecular flexibility index (Phi) is 3.47. The second-order valence-corrected chi connectivity index (χ2v) is 6.52. The summed E-state index contributed by atoms with van der Waals surface area (Å²) < 4.78 is 2.41. The molecule has 2 aromatic heterocycles. The molecule has 0 amide bonds. The van der Waals surface area contributed by atoms with E-state index in [0.717, 1.165) is 24.0 Å². The maximum atomic E-state index is 6.07. The quantitative estimate of drug-likeness (QED) is 0.515. The third-order valence-electron chi connectivity index (χ3n) is 4.33. The lowest BCUT2D eigenvalue weighted by molar-refractivity contribution is 0.389. The summed E-state index contributed by atoms with van der Waals surface area (Å²) >= 11 is 6.07. The summed E-state index contributed by atoms with van der Waals surface area (Å²) in [5, 5.41) is 4.25. The van der Waals surface area contributed by atoms with Crippen LogP contribution in [0.2, 0.25) is 5.15 Å². The molecule has 2 aromatic carbocycles. The lowest BCUT2D eigenvalue weighted by Crippen LogP contribution is -2.18. The van der Waals surface area contributed by atoms with Crippen molar-refractivity contribution in [2.45, 2.75) is 6.54 Å². The molecule has 0 spiro atoms. The molecule has 0 saturated carbocycles.